The lowest BCUT2D eigenvalue weighted by Gasteiger charge is -2.13. The van der Waals surface area contributed by atoms with Gasteiger partial charge in [-0.2, -0.15) is 0 Å². The molecule has 0 radical (unpaired) electrons. The number of carboxylic acids is 1. The first-order chi connectivity index (χ1) is 8.15. The Morgan fingerprint density at radius 1 is 1.44 bits per heavy atom. The molecule has 0 unspecified atom stereocenters. The molecule has 1 aromatic carbocycles. The number of carbonyl (C=O) groups is 1. The van der Waals surface area contributed by atoms with E-state index in [1.165, 1.54) is 25.2 Å². The van der Waals surface area contributed by atoms with Gasteiger partial charge in [0.2, 0.25) is 0 Å². The Morgan fingerprint density at radius 3 is 2.44 bits per heavy atom. The minimum atomic E-state index is -3.83. The number of hydrazine groups is 1. The molecule has 0 aliphatic rings. The zero-order chi connectivity index (χ0) is 14.1. The molecule has 0 atom stereocenters. The van der Waals surface area contributed by atoms with Crippen molar-refractivity contribution in [2.45, 2.75) is 4.90 Å². The van der Waals surface area contributed by atoms with Crippen molar-refractivity contribution in [2.75, 3.05) is 14.1 Å². The third-order valence-corrected chi connectivity index (χ3v) is 4.57. The number of rotatable bonds is 4. The fourth-order valence-electron chi connectivity index (χ4n) is 1.17. The largest absolute Gasteiger partial charge is 0.478 e. The van der Waals surface area contributed by atoms with Gasteiger partial charge in [-0.15, -0.1) is 4.83 Å². The fourth-order valence-corrected chi connectivity index (χ4v) is 3.10. The summed E-state index contributed by atoms with van der Waals surface area (Å²) in [4.78, 5) is 13.0. The first-order valence-electron chi connectivity index (χ1n) is 4.57. The summed E-state index contributed by atoms with van der Waals surface area (Å²) >= 11 is 8.79. The highest BCUT2D eigenvalue weighted by Crippen LogP contribution is 2.29. The van der Waals surface area contributed by atoms with Crippen molar-refractivity contribution in [3.05, 3.63) is 27.2 Å². The first kappa shape index (κ1) is 15.4. The van der Waals surface area contributed by atoms with Crippen molar-refractivity contribution in [1.29, 1.82) is 0 Å². The second-order valence-corrected chi connectivity index (χ2v) is 6.45. The number of carboxylic acid groups (broad SMARTS) is 1. The van der Waals surface area contributed by atoms with Gasteiger partial charge in [0.1, 0.15) is 0 Å². The zero-order valence-corrected chi connectivity index (χ0v) is 12.6. The van der Waals surface area contributed by atoms with Crippen LogP contribution in [0.2, 0.25) is 5.02 Å². The molecule has 0 spiro atoms. The lowest BCUT2D eigenvalue weighted by atomic mass is 10.2. The summed E-state index contributed by atoms with van der Waals surface area (Å²) in [6.07, 6.45) is 0. The Morgan fingerprint density at radius 2 is 2.00 bits per heavy atom. The molecule has 2 N–H and O–H groups in total. The van der Waals surface area contributed by atoms with Crippen molar-refractivity contribution in [1.82, 2.24) is 9.84 Å². The van der Waals surface area contributed by atoms with Crippen LogP contribution in [0.3, 0.4) is 0 Å². The molecule has 0 aliphatic heterocycles. The van der Waals surface area contributed by atoms with E-state index < -0.39 is 16.0 Å². The summed E-state index contributed by atoms with van der Waals surface area (Å²) in [6.45, 7) is 0. The molecule has 0 bridgehead atoms. The fraction of sp³-hybridized carbons (Fsp3) is 0.222. The van der Waals surface area contributed by atoms with E-state index in [4.69, 9.17) is 16.7 Å². The molecule has 1 rings (SSSR count). The average molecular weight is 358 g/mol. The molecule has 0 aromatic heterocycles. The van der Waals surface area contributed by atoms with Gasteiger partial charge in [0.15, 0.2) is 0 Å². The molecule has 0 fully saturated rings. The van der Waals surface area contributed by atoms with Crippen LogP contribution >= 0.6 is 27.5 Å². The third-order valence-electron chi connectivity index (χ3n) is 1.85. The summed E-state index contributed by atoms with van der Waals surface area (Å²) in [6, 6.07) is 2.24. The van der Waals surface area contributed by atoms with E-state index in [1.54, 1.807) is 0 Å². The summed E-state index contributed by atoms with van der Waals surface area (Å²) in [7, 11) is -0.830. The highest BCUT2D eigenvalue weighted by atomic mass is 79.9. The SMILES string of the molecule is CN(C)NS(=O)(=O)c1cc(Br)c(Cl)c(C(=O)O)c1. The van der Waals surface area contributed by atoms with Gasteiger partial charge < -0.3 is 5.11 Å². The van der Waals surface area contributed by atoms with Crippen molar-refractivity contribution in [3.63, 3.8) is 0 Å². The number of halogens is 2. The van der Waals surface area contributed by atoms with Gasteiger partial charge in [-0.3, -0.25) is 0 Å². The summed E-state index contributed by atoms with van der Waals surface area (Å²) in [5, 5.41) is 10.1. The lowest BCUT2D eigenvalue weighted by Crippen LogP contribution is -2.36. The van der Waals surface area contributed by atoms with E-state index in [-0.39, 0.29) is 20.0 Å². The maximum absolute atomic E-state index is 11.9. The van der Waals surface area contributed by atoms with Crippen LogP contribution in [-0.2, 0) is 10.0 Å². The second kappa shape index (κ2) is 5.54. The maximum atomic E-state index is 11.9. The van der Waals surface area contributed by atoms with E-state index >= 15 is 0 Å². The van der Waals surface area contributed by atoms with Gasteiger partial charge >= 0.3 is 5.97 Å². The molecular formula is C9H10BrClN2O4S. The van der Waals surface area contributed by atoms with E-state index in [0.717, 1.165) is 6.07 Å². The molecule has 1 aromatic rings. The minimum absolute atomic E-state index is 0.0497. The molecular weight excluding hydrogens is 348 g/mol. The Hall–Kier alpha value is -0.670. The summed E-state index contributed by atoms with van der Waals surface area (Å²) < 4.78 is 23.9. The number of nitrogens with zero attached hydrogens (tertiary/aromatic N) is 1. The topological polar surface area (TPSA) is 86.7 Å². The smallest absolute Gasteiger partial charge is 0.337 e. The van der Waals surface area contributed by atoms with Gasteiger partial charge in [-0.1, -0.05) is 11.6 Å². The van der Waals surface area contributed by atoms with Crippen LogP contribution in [0.5, 0.6) is 0 Å². The molecule has 0 saturated heterocycles. The minimum Gasteiger partial charge on any atom is -0.478 e. The first-order valence-corrected chi connectivity index (χ1v) is 7.22. The van der Waals surface area contributed by atoms with Crippen molar-refractivity contribution >= 4 is 43.5 Å². The Labute approximate surface area is 118 Å². The van der Waals surface area contributed by atoms with Crippen LogP contribution in [-0.4, -0.2) is 38.6 Å². The molecule has 9 heteroatoms. The summed E-state index contributed by atoms with van der Waals surface area (Å²) in [5.41, 5.74) is -0.287. The van der Waals surface area contributed by atoms with Crippen molar-refractivity contribution in [3.8, 4) is 0 Å². The number of nitrogens with one attached hydrogen (secondary N) is 1. The highest BCUT2D eigenvalue weighted by Gasteiger charge is 2.21. The van der Waals surface area contributed by atoms with E-state index in [9.17, 15) is 13.2 Å². The van der Waals surface area contributed by atoms with Crippen LogP contribution in [0.15, 0.2) is 21.5 Å². The van der Waals surface area contributed by atoms with Crippen LogP contribution < -0.4 is 4.83 Å². The predicted molar refractivity (Wildman–Crippen MR) is 70.1 cm³/mol. The molecule has 0 aliphatic carbocycles. The Balaban J connectivity index is 3.40. The zero-order valence-electron chi connectivity index (χ0n) is 9.44. The number of benzene rings is 1. The van der Waals surface area contributed by atoms with Gasteiger partial charge in [-0.05, 0) is 28.1 Å². The number of hydrogen-bond acceptors (Lipinski definition) is 4. The number of sulfonamides is 1. The molecule has 0 amide bonds. The maximum Gasteiger partial charge on any atom is 0.337 e. The quantitative estimate of drug-likeness (QED) is 0.799. The standard InChI is InChI=1S/C9H10BrClN2O4S/c1-13(2)12-18(16,17)5-3-6(9(14)15)8(11)7(10)4-5/h3-4,12H,1-2H3,(H,14,15). The molecule has 0 heterocycles. The van der Waals surface area contributed by atoms with Gasteiger partial charge in [-0.25, -0.2) is 18.2 Å². The highest BCUT2D eigenvalue weighted by molar-refractivity contribution is 9.10. The van der Waals surface area contributed by atoms with Crippen LogP contribution in [0.4, 0.5) is 0 Å². The lowest BCUT2D eigenvalue weighted by molar-refractivity contribution is 0.0696. The Bertz CT molecular complexity index is 588. The van der Waals surface area contributed by atoms with Crippen molar-refractivity contribution in [2.24, 2.45) is 0 Å². The van der Waals surface area contributed by atoms with Crippen LogP contribution in [0.25, 0.3) is 0 Å². The second-order valence-electron chi connectivity index (χ2n) is 3.56. The monoisotopic (exact) mass is 356 g/mol. The van der Waals surface area contributed by atoms with Gasteiger partial charge in [0.25, 0.3) is 10.0 Å². The molecule has 6 nitrogen and oxygen atoms in total. The van der Waals surface area contributed by atoms with Gasteiger partial charge in [0, 0.05) is 18.6 Å². The Kier molecular flexibility index (Phi) is 4.73. The van der Waals surface area contributed by atoms with Crippen LogP contribution in [0.1, 0.15) is 10.4 Å². The van der Waals surface area contributed by atoms with E-state index in [1.807, 2.05) is 0 Å². The van der Waals surface area contributed by atoms with Crippen molar-refractivity contribution < 1.29 is 18.3 Å². The van der Waals surface area contributed by atoms with Gasteiger partial charge in [0.05, 0.1) is 15.5 Å². The average Bonchev–Trinajstić information content (AvgIpc) is 2.19. The molecule has 0 saturated carbocycles. The van der Waals surface area contributed by atoms with Crippen LogP contribution in [0, 0.1) is 0 Å². The normalized spacial score (nSPS) is 11.8. The number of hydrogen-bond donors (Lipinski definition) is 2. The number of aromatic carboxylic acids is 1. The molecule has 100 valence electrons. The van der Waals surface area contributed by atoms with E-state index in [0.29, 0.717) is 0 Å². The molecule has 18 heavy (non-hydrogen) atoms. The predicted octanol–water partition coefficient (Wildman–Crippen LogP) is 1.56. The third kappa shape index (κ3) is 3.42. The summed E-state index contributed by atoms with van der Waals surface area (Å²) in [5.74, 6) is -1.30. The van der Waals surface area contributed by atoms with E-state index in [2.05, 4.69) is 20.8 Å².